The molecule has 1 spiro atoms. The van der Waals surface area contributed by atoms with Gasteiger partial charge in [0.25, 0.3) is 11.8 Å². The summed E-state index contributed by atoms with van der Waals surface area (Å²) in [6.07, 6.45) is 2.87. The Kier molecular flexibility index (Phi) is 4.54. The zero-order valence-corrected chi connectivity index (χ0v) is 17.1. The smallest absolute Gasteiger partial charge is 0.375 e. The second-order valence-corrected chi connectivity index (χ2v) is 8.07. The van der Waals surface area contributed by atoms with Crippen molar-refractivity contribution in [3.8, 4) is 0 Å². The molecule has 0 saturated heterocycles. The number of para-hydroxylation sites is 3. The van der Waals surface area contributed by atoms with Crippen molar-refractivity contribution < 1.29 is 23.5 Å². The summed E-state index contributed by atoms with van der Waals surface area (Å²) in [5, 5.41) is 3.76. The number of hydrogen-bond acceptors (Lipinski definition) is 5. The Morgan fingerprint density at radius 3 is 2.58 bits per heavy atom. The summed E-state index contributed by atoms with van der Waals surface area (Å²) in [4.78, 5) is 40.5. The van der Waals surface area contributed by atoms with Gasteiger partial charge in [0.1, 0.15) is 11.1 Å². The number of amides is 2. The van der Waals surface area contributed by atoms with E-state index < -0.39 is 24.0 Å². The van der Waals surface area contributed by atoms with E-state index in [1.54, 1.807) is 31.2 Å². The summed E-state index contributed by atoms with van der Waals surface area (Å²) in [6.45, 7) is 1.31. The third-order valence-corrected chi connectivity index (χ3v) is 6.28. The third kappa shape index (κ3) is 3.00. The number of aryl methyl sites for hydroxylation is 1. The minimum Gasteiger partial charge on any atom is -0.450 e. The molecular weight excluding hydrogens is 396 g/mol. The van der Waals surface area contributed by atoms with Crippen LogP contribution in [-0.4, -0.2) is 29.9 Å². The van der Waals surface area contributed by atoms with Gasteiger partial charge in [0, 0.05) is 10.9 Å². The maximum Gasteiger partial charge on any atom is 0.375 e. The van der Waals surface area contributed by atoms with Gasteiger partial charge in [0.05, 0.1) is 11.4 Å². The first-order valence-electron chi connectivity index (χ1n) is 10.4. The SMILES string of the molecule is Cc1c(C(=O)OCC(=O)N2c3ccccc3NC(=O)C23CCCC3)oc2ccccc12. The third-order valence-electron chi connectivity index (χ3n) is 6.28. The predicted octanol–water partition coefficient (Wildman–Crippen LogP) is 4.20. The number of fused-ring (bicyclic) bond motifs is 2. The molecule has 1 saturated carbocycles. The number of rotatable bonds is 3. The van der Waals surface area contributed by atoms with Gasteiger partial charge < -0.3 is 14.5 Å². The van der Waals surface area contributed by atoms with Crippen LogP contribution in [0.3, 0.4) is 0 Å². The van der Waals surface area contributed by atoms with Crippen LogP contribution in [0.2, 0.25) is 0 Å². The van der Waals surface area contributed by atoms with E-state index in [1.165, 1.54) is 4.90 Å². The van der Waals surface area contributed by atoms with Gasteiger partial charge in [-0.2, -0.15) is 0 Å². The maximum atomic E-state index is 13.3. The summed E-state index contributed by atoms with van der Waals surface area (Å²) < 4.78 is 11.0. The lowest BCUT2D eigenvalue weighted by molar-refractivity contribution is -0.129. The highest BCUT2D eigenvalue weighted by Gasteiger charge is 2.52. The van der Waals surface area contributed by atoms with Crippen molar-refractivity contribution in [1.29, 1.82) is 0 Å². The number of nitrogens with zero attached hydrogens (tertiary/aromatic N) is 1. The molecule has 1 N–H and O–H groups in total. The summed E-state index contributed by atoms with van der Waals surface area (Å²) in [5.41, 5.74) is 1.53. The van der Waals surface area contributed by atoms with Gasteiger partial charge >= 0.3 is 5.97 Å². The fourth-order valence-electron chi connectivity index (χ4n) is 4.76. The number of benzene rings is 2. The standard InChI is InChI=1S/C24H22N2O5/c1-15-16-8-2-5-11-19(16)31-21(15)22(28)30-14-20(27)26-18-10-4-3-9-17(18)25-23(29)24(26)12-6-7-13-24/h2-5,8-11H,6-7,12-14H2,1H3,(H,25,29). The van der Waals surface area contributed by atoms with Crippen LogP contribution >= 0.6 is 0 Å². The van der Waals surface area contributed by atoms with Crippen molar-refractivity contribution in [2.75, 3.05) is 16.8 Å². The number of carbonyl (C=O) groups excluding carboxylic acids is 3. The number of anilines is 2. The van der Waals surface area contributed by atoms with Crippen LogP contribution in [0.15, 0.2) is 52.9 Å². The summed E-state index contributed by atoms with van der Waals surface area (Å²) >= 11 is 0. The average molecular weight is 418 g/mol. The fraction of sp³-hybridized carbons (Fsp3) is 0.292. The number of furan rings is 1. The first-order valence-corrected chi connectivity index (χ1v) is 10.4. The zero-order chi connectivity index (χ0) is 21.6. The molecular formula is C24H22N2O5. The number of nitrogens with one attached hydrogen (secondary N) is 1. The Morgan fingerprint density at radius 2 is 1.81 bits per heavy atom. The molecule has 0 unspecified atom stereocenters. The molecule has 7 nitrogen and oxygen atoms in total. The van der Waals surface area contributed by atoms with Crippen LogP contribution in [0.1, 0.15) is 41.8 Å². The van der Waals surface area contributed by atoms with E-state index in [0.717, 1.165) is 18.2 Å². The number of esters is 1. The van der Waals surface area contributed by atoms with Gasteiger partial charge in [-0.25, -0.2) is 4.79 Å². The average Bonchev–Trinajstić information content (AvgIpc) is 3.39. The van der Waals surface area contributed by atoms with E-state index in [9.17, 15) is 14.4 Å². The van der Waals surface area contributed by atoms with E-state index in [-0.39, 0.29) is 11.7 Å². The Labute approximate surface area is 179 Å². The summed E-state index contributed by atoms with van der Waals surface area (Å²) in [6, 6.07) is 14.5. The minimum absolute atomic E-state index is 0.0846. The second-order valence-electron chi connectivity index (χ2n) is 8.07. The van der Waals surface area contributed by atoms with Gasteiger partial charge in [-0.15, -0.1) is 0 Å². The first kappa shape index (κ1) is 19.4. The van der Waals surface area contributed by atoms with Crippen molar-refractivity contribution in [1.82, 2.24) is 0 Å². The summed E-state index contributed by atoms with van der Waals surface area (Å²) in [7, 11) is 0. The van der Waals surface area contributed by atoms with E-state index in [2.05, 4.69) is 5.32 Å². The van der Waals surface area contributed by atoms with Crippen molar-refractivity contribution in [2.45, 2.75) is 38.1 Å². The largest absolute Gasteiger partial charge is 0.450 e. The van der Waals surface area contributed by atoms with Crippen LogP contribution in [-0.2, 0) is 14.3 Å². The van der Waals surface area contributed by atoms with Crippen LogP contribution in [0.25, 0.3) is 11.0 Å². The molecule has 0 atom stereocenters. The highest BCUT2D eigenvalue weighted by atomic mass is 16.5. The zero-order valence-electron chi connectivity index (χ0n) is 17.1. The number of carbonyl (C=O) groups is 3. The van der Waals surface area contributed by atoms with Gasteiger partial charge in [0.2, 0.25) is 5.76 Å². The monoisotopic (exact) mass is 418 g/mol. The Hall–Kier alpha value is -3.61. The molecule has 0 bridgehead atoms. The molecule has 31 heavy (non-hydrogen) atoms. The molecule has 7 heteroatoms. The highest BCUT2D eigenvalue weighted by Crippen LogP contribution is 2.45. The molecule has 2 aromatic carbocycles. The first-order chi connectivity index (χ1) is 15.0. The van der Waals surface area contributed by atoms with Crippen molar-refractivity contribution in [3.63, 3.8) is 0 Å². The van der Waals surface area contributed by atoms with Gasteiger partial charge in [-0.05, 0) is 38.0 Å². The summed E-state index contributed by atoms with van der Waals surface area (Å²) in [5.74, 6) is -1.22. The van der Waals surface area contributed by atoms with E-state index in [4.69, 9.17) is 9.15 Å². The Bertz CT molecular complexity index is 1210. The Morgan fingerprint density at radius 1 is 1.10 bits per heavy atom. The van der Waals surface area contributed by atoms with E-state index >= 15 is 0 Å². The lowest BCUT2D eigenvalue weighted by Gasteiger charge is -2.44. The molecule has 5 rings (SSSR count). The fourth-order valence-corrected chi connectivity index (χ4v) is 4.76. The molecule has 158 valence electrons. The number of hydrogen-bond donors (Lipinski definition) is 1. The normalized spacial score (nSPS) is 16.9. The molecule has 2 amide bonds. The molecule has 2 aliphatic rings. The minimum atomic E-state index is -0.937. The van der Waals surface area contributed by atoms with Crippen LogP contribution in [0.4, 0.5) is 11.4 Å². The van der Waals surface area contributed by atoms with Gasteiger partial charge in [-0.1, -0.05) is 43.2 Å². The highest BCUT2D eigenvalue weighted by molar-refractivity contribution is 6.15. The second kappa shape index (κ2) is 7.27. The van der Waals surface area contributed by atoms with Crippen LogP contribution in [0, 0.1) is 6.92 Å². The molecule has 0 radical (unpaired) electrons. The van der Waals surface area contributed by atoms with E-state index in [0.29, 0.717) is 35.4 Å². The maximum absolute atomic E-state index is 13.3. The van der Waals surface area contributed by atoms with Crippen molar-refractivity contribution in [2.24, 2.45) is 0 Å². The Balaban J connectivity index is 1.41. The van der Waals surface area contributed by atoms with Crippen LogP contribution in [0.5, 0.6) is 0 Å². The molecule has 1 aliphatic carbocycles. The molecule has 2 heterocycles. The van der Waals surface area contributed by atoms with Gasteiger partial charge in [-0.3, -0.25) is 14.5 Å². The molecule has 3 aromatic rings. The van der Waals surface area contributed by atoms with Crippen molar-refractivity contribution >= 4 is 40.1 Å². The lowest BCUT2D eigenvalue weighted by Crippen LogP contribution is -2.61. The lowest BCUT2D eigenvalue weighted by atomic mass is 9.90. The van der Waals surface area contributed by atoms with Crippen LogP contribution < -0.4 is 10.2 Å². The molecule has 1 aromatic heterocycles. The van der Waals surface area contributed by atoms with E-state index in [1.807, 2.05) is 24.3 Å². The van der Waals surface area contributed by atoms with Crippen molar-refractivity contribution in [3.05, 3.63) is 59.9 Å². The van der Waals surface area contributed by atoms with Gasteiger partial charge in [0.15, 0.2) is 6.61 Å². The number of ether oxygens (including phenoxy) is 1. The molecule has 1 fully saturated rings. The topological polar surface area (TPSA) is 88.9 Å². The quantitative estimate of drug-likeness (QED) is 0.644. The predicted molar refractivity (Wildman–Crippen MR) is 115 cm³/mol. The molecule has 1 aliphatic heterocycles.